The van der Waals surface area contributed by atoms with Crippen molar-refractivity contribution >= 4 is 5.91 Å². The van der Waals surface area contributed by atoms with E-state index in [-0.39, 0.29) is 5.91 Å². The van der Waals surface area contributed by atoms with Crippen LogP contribution in [0.1, 0.15) is 43.0 Å². The van der Waals surface area contributed by atoms with Gasteiger partial charge in [-0.2, -0.15) is 0 Å². The molecule has 0 unspecified atom stereocenters. The van der Waals surface area contributed by atoms with Gasteiger partial charge in [0.2, 0.25) is 0 Å². The molecule has 4 nitrogen and oxygen atoms in total. The fourth-order valence-corrected chi connectivity index (χ4v) is 4.34. The first-order valence-electron chi connectivity index (χ1n) is 9.40. The number of furan rings is 1. The lowest BCUT2D eigenvalue weighted by Gasteiger charge is -2.38. The monoisotopic (exact) mass is 338 g/mol. The predicted molar refractivity (Wildman–Crippen MR) is 98.5 cm³/mol. The molecule has 132 valence electrons. The molecule has 0 saturated carbocycles. The minimum atomic E-state index is 0.151. The molecular weight excluding hydrogens is 312 g/mol. The average molecular weight is 338 g/mol. The van der Waals surface area contributed by atoms with E-state index in [2.05, 4.69) is 11.8 Å². The number of nitrogens with zero attached hydrogens (tertiary/aromatic N) is 2. The number of rotatable bonds is 3. The number of hydrogen-bond acceptors (Lipinski definition) is 3. The van der Waals surface area contributed by atoms with Crippen LogP contribution >= 0.6 is 0 Å². The van der Waals surface area contributed by atoms with E-state index in [1.165, 1.54) is 19.4 Å². The SMILES string of the molecule is C[C@@H]1CCCN1C1CCN(C(=O)c2cccc(-c3ccoc3)c2)CC1. The number of piperidine rings is 1. The van der Waals surface area contributed by atoms with Gasteiger partial charge in [-0.15, -0.1) is 0 Å². The summed E-state index contributed by atoms with van der Waals surface area (Å²) in [5, 5.41) is 0. The van der Waals surface area contributed by atoms with Gasteiger partial charge >= 0.3 is 0 Å². The Kier molecular flexibility index (Phi) is 4.62. The van der Waals surface area contributed by atoms with Crippen LogP contribution in [0.15, 0.2) is 47.3 Å². The summed E-state index contributed by atoms with van der Waals surface area (Å²) >= 11 is 0. The molecular formula is C21H26N2O2. The summed E-state index contributed by atoms with van der Waals surface area (Å²) in [6, 6.07) is 11.1. The zero-order valence-corrected chi connectivity index (χ0v) is 14.9. The highest BCUT2D eigenvalue weighted by molar-refractivity contribution is 5.95. The first-order valence-corrected chi connectivity index (χ1v) is 9.40. The number of carbonyl (C=O) groups excluding carboxylic acids is 1. The third-order valence-corrected chi connectivity index (χ3v) is 5.79. The molecule has 4 rings (SSSR count). The number of benzene rings is 1. The maximum Gasteiger partial charge on any atom is 0.253 e. The van der Waals surface area contributed by atoms with Gasteiger partial charge in [0.25, 0.3) is 5.91 Å². The van der Waals surface area contributed by atoms with E-state index in [4.69, 9.17) is 4.42 Å². The van der Waals surface area contributed by atoms with Crippen molar-refractivity contribution in [3.05, 3.63) is 48.4 Å². The van der Waals surface area contributed by atoms with Crippen molar-refractivity contribution in [2.75, 3.05) is 19.6 Å². The van der Waals surface area contributed by atoms with Crippen molar-refractivity contribution in [3.8, 4) is 11.1 Å². The molecule has 1 aromatic heterocycles. The summed E-state index contributed by atoms with van der Waals surface area (Å²) < 4.78 is 5.15. The molecule has 2 aromatic rings. The van der Waals surface area contributed by atoms with Crippen molar-refractivity contribution in [2.45, 2.75) is 44.7 Å². The Bertz CT molecular complexity index is 717. The number of likely N-dealkylation sites (tertiary alicyclic amines) is 2. The molecule has 3 heterocycles. The lowest BCUT2D eigenvalue weighted by molar-refractivity contribution is 0.0611. The fourth-order valence-electron chi connectivity index (χ4n) is 4.34. The van der Waals surface area contributed by atoms with Crippen LogP contribution < -0.4 is 0 Å². The average Bonchev–Trinajstić information content (AvgIpc) is 3.33. The minimum absolute atomic E-state index is 0.151. The van der Waals surface area contributed by atoms with E-state index in [9.17, 15) is 4.79 Å². The summed E-state index contributed by atoms with van der Waals surface area (Å²) in [6.45, 7) is 5.30. The molecule has 0 radical (unpaired) electrons. The van der Waals surface area contributed by atoms with Crippen LogP contribution in [0.5, 0.6) is 0 Å². The molecule has 1 aromatic carbocycles. The van der Waals surface area contributed by atoms with Gasteiger partial charge in [0.15, 0.2) is 0 Å². The van der Waals surface area contributed by atoms with E-state index in [0.29, 0.717) is 12.1 Å². The summed E-state index contributed by atoms with van der Waals surface area (Å²) in [5.74, 6) is 0.151. The second-order valence-electron chi connectivity index (χ2n) is 7.35. The molecule has 0 bridgehead atoms. The van der Waals surface area contributed by atoms with Crippen molar-refractivity contribution in [1.82, 2.24) is 9.80 Å². The molecule has 0 spiro atoms. The zero-order valence-electron chi connectivity index (χ0n) is 14.9. The van der Waals surface area contributed by atoms with Gasteiger partial charge in [-0.25, -0.2) is 0 Å². The Hall–Kier alpha value is -2.07. The molecule has 25 heavy (non-hydrogen) atoms. The third kappa shape index (κ3) is 3.36. The fraction of sp³-hybridized carbons (Fsp3) is 0.476. The van der Waals surface area contributed by atoms with Crippen LogP contribution in [-0.4, -0.2) is 47.4 Å². The molecule has 4 heteroatoms. The van der Waals surface area contributed by atoms with Gasteiger partial charge < -0.3 is 9.32 Å². The number of amides is 1. The van der Waals surface area contributed by atoms with Crippen LogP contribution in [0.2, 0.25) is 0 Å². The van der Waals surface area contributed by atoms with Crippen LogP contribution in [0.25, 0.3) is 11.1 Å². The highest BCUT2D eigenvalue weighted by atomic mass is 16.3. The van der Waals surface area contributed by atoms with Crippen LogP contribution in [0.4, 0.5) is 0 Å². The van der Waals surface area contributed by atoms with Crippen LogP contribution in [-0.2, 0) is 0 Å². The van der Waals surface area contributed by atoms with E-state index in [1.807, 2.05) is 35.2 Å². The third-order valence-electron chi connectivity index (χ3n) is 5.79. The van der Waals surface area contributed by atoms with Gasteiger partial charge in [0.05, 0.1) is 12.5 Å². The second kappa shape index (κ2) is 7.04. The lowest BCUT2D eigenvalue weighted by Crippen LogP contribution is -2.47. The lowest BCUT2D eigenvalue weighted by atomic mass is 10.0. The summed E-state index contributed by atoms with van der Waals surface area (Å²) in [6.07, 6.45) is 8.20. The summed E-state index contributed by atoms with van der Waals surface area (Å²) in [4.78, 5) is 17.6. The molecule has 2 aliphatic heterocycles. The van der Waals surface area contributed by atoms with E-state index >= 15 is 0 Å². The van der Waals surface area contributed by atoms with Crippen molar-refractivity contribution in [1.29, 1.82) is 0 Å². The summed E-state index contributed by atoms with van der Waals surface area (Å²) in [7, 11) is 0. The molecule has 1 atom stereocenters. The van der Waals surface area contributed by atoms with E-state index in [0.717, 1.165) is 42.6 Å². The molecule has 0 N–H and O–H groups in total. The maximum atomic E-state index is 12.9. The Morgan fingerprint density at radius 3 is 2.60 bits per heavy atom. The minimum Gasteiger partial charge on any atom is -0.472 e. The molecule has 2 saturated heterocycles. The topological polar surface area (TPSA) is 36.7 Å². The number of hydrogen-bond donors (Lipinski definition) is 0. The van der Waals surface area contributed by atoms with E-state index in [1.54, 1.807) is 12.5 Å². The van der Waals surface area contributed by atoms with Crippen LogP contribution in [0.3, 0.4) is 0 Å². The first-order chi connectivity index (χ1) is 12.2. The Balaban J connectivity index is 1.41. The predicted octanol–water partition coefficient (Wildman–Crippen LogP) is 4.04. The standard InChI is InChI=1S/C21H26N2O2/c1-16-4-3-10-23(16)20-7-11-22(12-8-20)21(24)18-6-2-5-17(14-18)19-9-13-25-15-19/h2,5-6,9,13-16,20H,3-4,7-8,10-12H2,1H3/t16-/m1/s1. The zero-order chi connectivity index (χ0) is 17.2. The second-order valence-corrected chi connectivity index (χ2v) is 7.35. The van der Waals surface area contributed by atoms with Crippen LogP contribution in [0, 0.1) is 0 Å². The van der Waals surface area contributed by atoms with Crippen molar-refractivity contribution < 1.29 is 9.21 Å². The first kappa shape index (κ1) is 16.4. The highest BCUT2D eigenvalue weighted by Gasteiger charge is 2.31. The van der Waals surface area contributed by atoms with E-state index < -0.39 is 0 Å². The Labute approximate surface area is 149 Å². The highest BCUT2D eigenvalue weighted by Crippen LogP contribution is 2.27. The molecule has 2 aliphatic rings. The molecule has 2 fully saturated rings. The Morgan fingerprint density at radius 1 is 1.08 bits per heavy atom. The van der Waals surface area contributed by atoms with Gasteiger partial charge in [-0.3, -0.25) is 9.69 Å². The normalized spacial score (nSPS) is 22.4. The van der Waals surface area contributed by atoms with Gasteiger partial charge in [-0.05, 0) is 62.9 Å². The quantitative estimate of drug-likeness (QED) is 0.848. The molecule has 0 aliphatic carbocycles. The van der Waals surface area contributed by atoms with Crippen molar-refractivity contribution in [3.63, 3.8) is 0 Å². The summed E-state index contributed by atoms with van der Waals surface area (Å²) in [5.41, 5.74) is 2.81. The smallest absolute Gasteiger partial charge is 0.253 e. The number of carbonyl (C=O) groups is 1. The van der Waals surface area contributed by atoms with Crippen molar-refractivity contribution in [2.24, 2.45) is 0 Å². The van der Waals surface area contributed by atoms with Gasteiger partial charge in [-0.1, -0.05) is 12.1 Å². The van der Waals surface area contributed by atoms with Gasteiger partial charge in [0, 0.05) is 36.3 Å². The largest absolute Gasteiger partial charge is 0.472 e. The molecule has 1 amide bonds. The Morgan fingerprint density at radius 2 is 1.92 bits per heavy atom. The van der Waals surface area contributed by atoms with Gasteiger partial charge in [0.1, 0.15) is 0 Å². The maximum absolute atomic E-state index is 12.9.